The first-order valence-electron chi connectivity index (χ1n) is 8.87. The van der Waals surface area contributed by atoms with E-state index in [1.165, 1.54) is 51.4 Å². The van der Waals surface area contributed by atoms with Crippen molar-refractivity contribution in [2.45, 2.75) is 92.9 Å². The van der Waals surface area contributed by atoms with Gasteiger partial charge in [-0.1, -0.05) is 73.6 Å². The molecule has 0 amide bonds. The molecule has 0 nitrogen and oxygen atoms in total. The topological polar surface area (TPSA) is 0 Å². The maximum Gasteiger partial charge on any atom is -0.0298 e. The molecular formula is C19H38. The van der Waals surface area contributed by atoms with Gasteiger partial charge in [0.2, 0.25) is 0 Å². The molecule has 19 heavy (non-hydrogen) atoms. The van der Waals surface area contributed by atoms with Gasteiger partial charge in [0.05, 0.1) is 0 Å². The Morgan fingerprint density at radius 3 is 2.26 bits per heavy atom. The van der Waals surface area contributed by atoms with Gasteiger partial charge in [-0.2, -0.15) is 0 Å². The highest BCUT2D eigenvalue weighted by atomic mass is 14.4. The predicted octanol–water partition coefficient (Wildman–Crippen LogP) is 6.69. The molecule has 0 N–H and O–H groups in total. The summed E-state index contributed by atoms with van der Waals surface area (Å²) in [5.41, 5.74) is 0.549. The normalized spacial score (nSPS) is 27.3. The zero-order valence-corrected chi connectivity index (χ0v) is 14.5. The van der Waals surface area contributed by atoms with Crippen molar-refractivity contribution in [3.05, 3.63) is 0 Å². The average Bonchev–Trinajstić information content (AvgIpc) is 2.54. The molecule has 0 aromatic heterocycles. The van der Waals surface area contributed by atoms with Crippen molar-refractivity contribution in [1.82, 2.24) is 0 Å². The molecule has 3 atom stereocenters. The van der Waals surface area contributed by atoms with Crippen molar-refractivity contribution in [1.29, 1.82) is 0 Å². The molecule has 1 fully saturated rings. The molecular weight excluding hydrogens is 228 g/mol. The van der Waals surface area contributed by atoms with E-state index >= 15 is 0 Å². The van der Waals surface area contributed by atoms with E-state index < -0.39 is 0 Å². The first-order valence-corrected chi connectivity index (χ1v) is 8.87. The van der Waals surface area contributed by atoms with Crippen LogP contribution in [0, 0.1) is 29.1 Å². The Kier molecular flexibility index (Phi) is 6.91. The van der Waals surface area contributed by atoms with Crippen LogP contribution in [-0.4, -0.2) is 0 Å². The summed E-state index contributed by atoms with van der Waals surface area (Å²) < 4.78 is 0. The van der Waals surface area contributed by atoms with Gasteiger partial charge in [0, 0.05) is 0 Å². The van der Waals surface area contributed by atoms with Crippen molar-refractivity contribution in [2.75, 3.05) is 0 Å². The molecule has 0 aromatic rings. The van der Waals surface area contributed by atoms with Gasteiger partial charge < -0.3 is 0 Å². The number of rotatable bonds is 6. The van der Waals surface area contributed by atoms with Crippen LogP contribution in [0.2, 0.25) is 0 Å². The Balaban J connectivity index is 2.63. The molecule has 3 unspecified atom stereocenters. The third kappa shape index (κ3) is 5.12. The minimum absolute atomic E-state index is 0.549. The van der Waals surface area contributed by atoms with Crippen LogP contribution < -0.4 is 0 Å². The molecule has 1 aliphatic carbocycles. The smallest absolute Gasteiger partial charge is 0.0298 e. The lowest BCUT2D eigenvalue weighted by molar-refractivity contribution is 0.0857. The fourth-order valence-corrected chi connectivity index (χ4v) is 4.20. The third-order valence-corrected chi connectivity index (χ3v) is 5.95. The summed E-state index contributed by atoms with van der Waals surface area (Å²) in [6.45, 7) is 14.7. The lowest BCUT2D eigenvalue weighted by Gasteiger charge is -2.41. The molecule has 0 aliphatic heterocycles. The quantitative estimate of drug-likeness (QED) is 0.470. The van der Waals surface area contributed by atoms with Gasteiger partial charge in [0.25, 0.3) is 0 Å². The molecule has 0 heterocycles. The van der Waals surface area contributed by atoms with E-state index in [0.29, 0.717) is 5.41 Å². The molecule has 0 aromatic carbocycles. The van der Waals surface area contributed by atoms with Crippen molar-refractivity contribution >= 4 is 0 Å². The fourth-order valence-electron chi connectivity index (χ4n) is 4.20. The molecule has 0 spiro atoms. The Hall–Kier alpha value is 0. The summed E-state index contributed by atoms with van der Waals surface area (Å²) in [6, 6.07) is 0. The summed E-state index contributed by atoms with van der Waals surface area (Å²) in [4.78, 5) is 0. The van der Waals surface area contributed by atoms with E-state index in [1.54, 1.807) is 0 Å². The largest absolute Gasteiger partial charge is 0.0651 e. The van der Waals surface area contributed by atoms with Crippen molar-refractivity contribution in [3.8, 4) is 0 Å². The minimum atomic E-state index is 0.549. The van der Waals surface area contributed by atoms with Crippen LogP contribution in [0.4, 0.5) is 0 Å². The SMILES string of the molecule is CCC(CCC(C)C)C(C)(C)C1CCCC(C)CC1. The van der Waals surface area contributed by atoms with Crippen LogP contribution in [0.25, 0.3) is 0 Å². The monoisotopic (exact) mass is 266 g/mol. The van der Waals surface area contributed by atoms with E-state index in [-0.39, 0.29) is 0 Å². The van der Waals surface area contributed by atoms with Gasteiger partial charge in [-0.25, -0.2) is 0 Å². The first kappa shape index (κ1) is 17.1. The van der Waals surface area contributed by atoms with E-state index in [0.717, 1.165) is 23.7 Å². The standard InChI is InChI=1S/C19H38/c1-7-17(13-11-15(2)3)19(5,6)18-10-8-9-16(4)12-14-18/h15-18H,7-14H2,1-6H3. The van der Waals surface area contributed by atoms with Gasteiger partial charge in [0.15, 0.2) is 0 Å². The molecule has 1 aliphatic rings. The Labute approximate surface area is 122 Å². The summed E-state index contributed by atoms with van der Waals surface area (Å²) in [7, 11) is 0. The second-order valence-corrected chi connectivity index (χ2v) is 8.21. The second-order valence-electron chi connectivity index (χ2n) is 8.21. The molecule has 0 radical (unpaired) electrons. The van der Waals surface area contributed by atoms with Gasteiger partial charge >= 0.3 is 0 Å². The van der Waals surface area contributed by atoms with Crippen LogP contribution in [0.1, 0.15) is 92.9 Å². The van der Waals surface area contributed by atoms with Crippen molar-refractivity contribution in [3.63, 3.8) is 0 Å². The highest BCUT2D eigenvalue weighted by molar-refractivity contribution is 4.86. The Morgan fingerprint density at radius 1 is 1.00 bits per heavy atom. The summed E-state index contributed by atoms with van der Waals surface area (Å²) in [5, 5.41) is 0. The molecule has 114 valence electrons. The molecule has 0 bridgehead atoms. The lowest BCUT2D eigenvalue weighted by atomic mass is 9.64. The van der Waals surface area contributed by atoms with E-state index in [9.17, 15) is 0 Å². The van der Waals surface area contributed by atoms with Crippen molar-refractivity contribution < 1.29 is 0 Å². The highest BCUT2D eigenvalue weighted by Crippen LogP contribution is 2.46. The summed E-state index contributed by atoms with van der Waals surface area (Å²) in [6.07, 6.45) is 11.6. The Bertz CT molecular complexity index is 238. The molecule has 1 saturated carbocycles. The first-order chi connectivity index (χ1) is 8.87. The zero-order chi connectivity index (χ0) is 14.5. The van der Waals surface area contributed by atoms with Crippen molar-refractivity contribution in [2.24, 2.45) is 29.1 Å². The fraction of sp³-hybridized carbons (Fsp3) is 1.00. The average molecular weight is 267 g/mol. The van der Waals surface area contributed by atoms with Gasteiger partial charge in [0.1, 0.15) is 0 Å². The highest BCUT2D eigenvalue weighted by Gasteiger charge is 2.36. The summed E-state index contributed by atoms with van der Waals surface area (Å²) >= 11 is 0. The third-order valence-electron chi connectivity index (χ3n) is 5.95. The van der Waals surface area contributed by atoms with E-state index in [2.05, 4.69) is 41.5 Å². The van der Waals surface area contributed by atoms with Crippen LogP contribution in [0.5, 0.6) is 0 Å². The maximum atomic E-state index is 2.57. The summed E-state index contributed by atoms with van der Waals surface area (Å²) in [5.74, 6) is 3.72. The Morgan fingerprint density at radius 2 is 1.68 bits per heavy atom. The van der Waals surface area contributed by atoms with Gasteiger partial charge in [-0.05, 0) is 48.3 Å². The number of hydrogen-bond acceptors (Lipinski definition) is 0. The number of hydrogen-bond donors (Lipinski definition) is 0. The van der Waals surface area contributed by atoms with E-state index in [1.807, 2.05) is 0 Å². The second kappa shape index (κ2) is 7.70. The van der Waals surface area contributed by atoms with Gasteiger partial charge in [-0.15, -0.1) is 0 Å². The van der Waals surface area contributed by atoms with Crippen LogP contribution in [0.3, 0.4) is 0 Å². The minimum Gasteiger partial charge on any atom is -0.0651 e. The predicted molar refractivity (Wildman–Crippen MR) is 87.4 cm³/mol. The lowest BCUT2D eigenvalue weighted by Crippen LogP contribution is -2.32. The molecule has 0 heteroatoms. The van der Waals surface area contributed by atoms with Gasteiger partial charge in [-0.3, -0.25) is 0 Å². The molecule has 1 rings (SSSR count). The zero-order valence-electron chi connectivity index (χ0n) is 14.5. The molecule has 0 saturated heterocycles. The maximum absolute atomic E-state index is 2.57. The van der Waals surface area contributed by atoms with Crippen LogP contribution in [-0.2, 0) is 0 Å². The van der Waals surface area contributed by atoms with E-state index in [4.69, 9.17) is 0 Å². The van der Waals surface area contributed by atoms with Crippen LogP contribution >= 0.6 is 0 Å². The van der Waals surface area contributed by atoms with Crippen LogP contribution in [0.15, 0.2) is 0 Å².